The van der Waals surface area contributed by atoms with Crippen LogP contribution in [0, 0.1) is 0 Å². The van der Waals surface area contributed by atoms with Gasteiger partial charge in [0.1, 0.15) is 0 Å². The molecular formula is C21H22F3N3O4. The first-order chi connectivity index (χ1) is 14.8. The molecule has 2 fully saturated rings. The van der Waals surface area contributed by atoms with Gasteiger partial charge < -0.3 is 14.7 Å². The number of carbonyl (C=O) groups excluding carboxylic acids is 1. The Morgan fingerprint density at radius 2 is 1.74 bits per heavy atom. The molecule has 2 saturated heterocycles. The van der Waals surface area contributed by atoms with Crippen LogP contribution in [0.5, 0.6) is 0 Å². The second kappa shape index (κ2) is 9.88. The third-order valence-corrected chi connectivity index (χ3v) is 5.10. The highest BCUT2D eigenvalue weighted by Gasteiger charge is 2.41. The predicted molar refractivity (Wildman–Crippen MR) is 104 cm³/mol. The Morgan fingerprint density at radius 3 is 2.35 bits per heavy atom. The maximum absolute atomic E-state index is 12.7. The van der Waals surface area contributed by atoms with Gasteiger partial charge in [-0.2, -0.15) is 13.2 Å². The van der Waals surface area contributed by atoms with E-state index in [1.807, 2.05) is 59.8 Å². The quantitative estimate of drug-likeness (QED) is 0.795. The van der Waals surface area contributed by atoms with E-state index in [1.165, 1.54) is 5.56 Å². The topological polar surface area (TPSA) is 83.0 Å². The molecule has 0 radical (unpaired) electrons. The minimum absolute atomic E-state index is 0.0949. The second-order valence-electron chi connectivity index (χ2n) is 7.18. The molecule has 2 atom stereocenters. The highest BCUT2D eigenvalue weighted by Crippen LogP contribution is 2.25. The van der Waals surface area contributed by atoms with Crippen LogP contribution in [-0.4, -0.2) is 76.3 Å². The number of carboxylic acids is 1. The fourth-order valence-electron chi connectivity index (χ4n) is 3.61. The lowest BCUT2D eigenvalue weighted by molar-refractivity contribution is -0.192. The normalized spacial score (nSPS) is 21.1. The van der Waals surface area contributed by atoms with E-state index in [4.69, 9.17) is 14.6 Å². The van der Waals surface area contributed by atoms with E-state index >= 15 is 0 Å². The number of likely N-dealkylation sites (tertiary alicyclic amines) is 1. The van der Waals surface area contributed by atoms with Gasteiger partial charge in [-0.25, -0.2) is 4.79 Å². The van der Waals surface area contributed by atoms with Gasteiger partial charge in [-0.3, -0.25) is 14.7 Å². The molecule has 0 bridgehead atoms. The van der Waals surface area contributed by atoms with Crippen molar-refractivity contribution in [3.8, 4) is 0 Å². The molecule has 1 N–H and O–H groups in total. The lowest BCUT2D eigenvalue weighted by Crippen LogP contribution is -2.50. The van der Waals surface area contributed by atoms with Gasteiger partial charge in [-0.1, -0.05) is 18.2 Å². The number of fused-ring (bicyclic) bond motifs is 1. The van der Waals surface area contributed by atoms with Crippen LogP contribution >= 0.6 is 0 Å². The van der Waals surface area contributed by atoms with E-state index < -0.39 is 12.1 Å². The third kappa shape index (κ3) is 6.02. The number of aromatic nitrogens is 1. The Balaban J connectivity index is 0.000000339. The number of morpholine rings is 1. The number of ether oxygens (including phenoxy) is 1. The van der Waals surface area contributed by atoms with Crippen molar-refractivity contribution in [2.75, 3.05) is 26.2 Å². The molecule has 7 nitrogen and oxygen atoms in total. The van der Waals surface area contributed by atoms with Crippen molar-refractivity contribution in [1.82, 2.24) is 14.8 Å². The highest BCUT2D eigenvalue weighted by atomic mass is 19.4. The average Bonchev–Trinajstić information content (AvgIpc) is 3.20. The number of carboxylic acid groups (broad SMARTS) is 1. The fourth-order valence-corrected chi connectivity index (χ4v) is 3.61. The zero-order chi connectivity index (χ0) is 22.4. The largest absolute Gasteiger partial charge is 0.490 e. The summed E-state index contributed by atoms with van der Waals surface area (Å²) in [7, 11) is 0. The van der Waals surface area contributed by atoms with Gasteiger partial charge in [-0.05, 0) is 29.8 Å². The molecule has 0 unspecified atom stereocenters. The number of pyridine rings is 1. The molecule has 10 heteroatoms. The SMILES string of the molecule is O=C(O)C(F)(F)F.O=C(c1ccccc1)N1C[C@@H]2OCCN(Cc3ccncc3)[C@@H]2C1. The number of amides is 1. The molecule has 0 aliphatic carbocycles. The van der Waals surface area contributed by atoms with Crippen LogP contribution in [0.25, 0.3) is 0 Å². The van der Waals surface area contributed by atoms with E-state index in [0.717, 1.165) is 31.8 Å². The fraction of sp³-hybridized carbons (Fsp3) is 0.381. The number of alkyl halides is 3. The summed E-state index contributed by atoms with van der Waals surface area (Å²) in [6.45, 7) is 3.89. The number of rotatable bonds is 3. The summed E-state index contributed by atoms with van der Waals surface area (Å²) < 4.78 is 37.7. The number of aliphatic carboxylic acids is 1. The Morgan fingerprint density at radius 1 is 1.10 bits per heavy atom. The number of halogens is 3. The summed E-state index contributed by atoms with van der Waals surface area (Å²) in [5.74, 6) is -2.66. The lowest BCUT2D eigenvalue weighted by Gasteiger charge is -2.36. The van der Waals surface area contributed by atoms with E-state index in [0.29, 0.717) is 6.54 Å². The van der Waals surface area contributed by atoms with Crippen LogP contribution in [0.2, 0.25) is 0 Å². The molecule has 166 valence electrons. The number of carbonyl (C=O) groups is 2. The van der Waals surface area contributed by atoms with E-state index in [-0.39, 0.29) is 18.1 Å². The monoisotopic (exact) mass is 437 g/mol. The minimum Gasteiger partial charge on any atom is -0.475 e. The van der Waals surface area contributed by atoms with Crippen molar-refractivity contribution in [2.45, 2.75) is 24.9 Å². The maximum Gasteiger partial charge on any atom is 0.490 e. The van der Waals surface area contributed by atoms with Crippen LogP contribution < -0.4 is 0 Å². The molecule has 2 aliphatic rings. The standard InChI is InChI=1S/C19H21N3O2.C2HF3O2/c23-19(16-4-2-1-3-5-16)22-13-17-18(14-22)24-11-10-21(17)12-15-6-8-20-9-7-15;3-2(4,5)1(6)7/h1-9,17-18H,10-14H2;(H,6,7)/t17-,18+;/m1./s1. The molecule has 1 amide bonds. The summed E-state index contributed by atoms with van der Waals surface area (Å²) in [6, 6.07) is 13.9. The van der Waals surface area contributed by atoms with Gasteiger partial charge in [0.05, 0.1) is 18.8 Å². The zero-order valence-corrected chi connectivity index (χ0v) is 16.5. The number of benzene rings is 1. The molecular weight excluding hydrogens is 415 g/mol. The van der Waals surface area contributed by atoms with E-state index in [2.05, 4.69) is 9.88 Å². The molecule has 31 heavy (non-hydrogen) atoms. The molecule has 0 spiro atoms. The molecule has 4 rings (SSSR count). The van der Waals surface area contributed by atoms with Crippen molar-refractivity contribution < 1.29 is 32.6 Å². The number of hydrogen-bond donors (Lipinski definition) is 1. The lowest BCUT2D eigenvalue weighted by atomic mass is 10.1. The molecule has 2 aromatic rings. The van der Waals surface area contributed by atoms with Crippen LogP contribution in [0.15, 0.2) is 54.9 Å². The Labute approximate surface area is 177 Å². The maximum atomic E-state index is 12.7. The minimum atomic E-state index is -5.08. The molecule has 2 aliphatic heterocycles. The number of nitrogens with zero attached hydrogens (tertiary/aromatic N) is 3. The van der Waals surface area contributed by atoms with E-state index in [9.17, 15) is 18.0 Å². The van der Waals surface area contributed by atoms with Gasteiger partial charge >= 0.3 is 12.1 Å². The smallest absolute Gasteiger partial charge is 0.475 e. The first-order valence-corrected chi connectivity index (χ1v) is 9.64. The van der Waals surface area contributed by atoms with Crippen LogP contribution in [0.3, 0.4) is 0 Å². The zero-order valence-electron chi connectivity index (χ0n) is 16.5. The molecule has 1 aromatic heterocycles. The summed E-state index contributed by atoms with van der Waals surface area (Å²) in [5, 5.41) is 7.12. The van der Waals surface area contributed by atoms with E-state index in [1.54, 1.807) is 0 Å². The van der Waals surface area contributed by atoms with Crippen molar-refractivity contribution in [1.29, 1.82) is 0 Å². The Kier molecular flexibility index (Phi) is 7.24. The van der Waals surface area contributed by atoms with Crippen LogP contribution in [-0.2, 0) is 16.1 Å². The Bertz CT molecular complexity index is 880. The molecule has 0 saturated carbocycles. The molecule has 1 aromatic carbocycles. The first kappa shape index (κ1) is 22.7. The highest BCUT2D eigenvalue weighted by molar-refractivity contribution is 5.94. The number of hydrogen-bond acceptors (Lipinski definition) is 5. The summed E-state index contributed by atoms with van der Waals surface area (Å²) >= 11 is 0. The van der Waals surface area contributed by atoms with Crippen molar-refractivity contribution in [3.63, 3.8) is 0 Å². The van der Waals surface area contributed by atoms with Crippen LogP contribution in [0.4, 0.5) is 13.2 Å². The van der Waals surface area contributed by atoms with Crippen molar-refractivity contribution >= 4 is 11.9 Å². The first-order valence-electron chi connectivity index (χ1n) is 9.64. The summed E-state index contributed by atoms with van der Waals surface area (Å²) in [4.78, 5) is 30.0. The van der Waals surface area contributed by atoms with Gasteiger partial charge in [0.25, 0.3) is 5.91 Å². The van der Waals surface area contributed by atoms with Gasteiger partial charge in [0.2, 0.25) is 0 Å². The summed E-state index contributed by atoms with van der Waals surface area (Å²) in [5.41, 5.74) is 2.00. The van der Waals surface area contributed by atoms with Crippen LogP contribution in [0.1, 0.15) is 15.9 Å². The van der Waals surface area contributed by atoms with Crippen molar-refractivity contribution in [2.24, 2.45) is 0 Å². The second-order valence-corrected chi connectivity index (χ2v) is 7.18. The summed E-state index contributed by atoms with van der Waals surface area (Å²) in [6.07, 6.45) is -1.33. The van der Waals surface area contributed by atoms with Crippen molar-refractivity contribution in [3.05, 3.63) is 66.0 Å². The predicted octanol–water partition coefficient (Wildman–Crippen LogP) is 2.44. The molecule has 3 heterocycles. The van der Waals surface area contributed by atoms with Gasteiger partial charge in [0, 0.05) is 44.1 Å². The Hall–Kier alpha value is -2.98. The average molecular weight is 437 g/mol. The van der Waals surface area contributed by atoms with Gasteiger partial charge in [-0.15, -0.1) is 0 Å². The third-order valence-electron chi connectivity index (χ3n) is 5.10. The van der Waals surface area contributed by atoms with Gasteiger partial charge in [0.15, 0.2) is 0 Å².